The molecule has 0 aromatic heterocycles. The Labute approximate surface area is 208 Å². The third-order valence-electron chi connectivity index (χ3n) is 6.98. The van der Waals surface area contributed by atoms with Crippen LogP contribution in [0.2, 0.25) is 0 Å². The maximum Gasteiger partial charge on any atom is 0.251 e. The highest BCUT2D eigenvalue weighted by molar-refractivity contribution is 5.98. The first kappa shape index (κ1) is 27.1. The molecular formula is C25H41N5O5. The number of morpholine rings is 1. The monoisotopic (exact) mass is 491 g/mol. The van der Waals surface area contributed by atoms with Gasteiger partial charge in [0.15, 0.2) is 0 Å². The Morgan fingerprint density at radius 1 is 1.09 bits per heavy atom. The first-order valence-corrected chi connectivity index (χ1v) is 12.8. The minimum Gasteiger partial charge on any atom is -0.378 e. The number of hydrogen-bond acceptors (Lipinski definition) is 6. The van der Waals surface area contributed by atoms with Crippen molar-refractivity contribution in [1.82, 2.24) is 24.9 Å². The Hall–Kier alpha value is -2.46. The summed E-state index contributed by atoms with van der Waals surface area (Å²) in [6.07, 6.45) is 3.27. The number of carbonyl (C=O) groups excluding carboxylic acids is 4. The van der Waals surface area contributed by atoms with Crippen LogP contribution < -0.4 is 5.32 Å². The van der Waals surface area contributed by atoms with E-state index in [0.717, 1.165) is 25.9 Å². The molecule has 3 heterocycles. The number of nitrogens with zero attached hydrogens (tertiary/aromatic N) is 4. The molecule has 0 saturated carbocycles. The molecule has 10 heteroatoms. The van der Waals surface area contributed by atoms with Crippen LogP contribution in [-0.4, -0.2) is 116 Å². The number of ether oxygens (including phenoxy) is 1. The van der Waals surface area contributed by atoms with Gasteiger partial charge in [-0.15, -0.1) is 0 Å². The van der Waals surface area contributed by atoms with E-state index in [0.29, 0.717) is 70.0 Å². The molecular weight excluding hydrogens is 450 g/mol. The van der Waals surface area contributed by atoms with Crippen LogP contribution in [0, 0.1) is 5.92 Å². The summed E-state index contributed by atoms with van der Waals surface area (Å²) < 4.78 is 5.39. The minimum absolute atomic E-state index is 0.0646. The van der Waals surface area contributed by atoms with E-state index in [2.05, 4.69) is 10.2 Å². The van der Waals surface area contributed by atoms with Crippen molar-refractivity contribution in [3.63, 3.8) is 0 Å². The molecule has 2 fully saturated rings. The normalized spacial score (nSPS) is 21.4. The first-order valence-electron chi connectivity index (χ1n) is 12.8. The molecule has 3 aliphatic rings. The van der Waals surface area contributed by atoms with Gasteiger partial charge in [0.2, 0.25) is 17.7 Å². The zero-order valence-corrected chi connectivity index (χ0v) is 21.5. The number of carbonyl (C=O) groups is 4. The summed E-state index contributed by atoms with van der Waals surface area (Å²) in [5, 5.41) is 2.92. The fraction of sp³-hybridized carbons (Fsp3) is 0.760. The molecule has 35 heavy (non-hydrogen) atoms. The maximum atomic E-state index is 13.4. The lowest BCUT2D eigenvalue weighted by molar-refractivity contribution is -0.139. The highest BCUT2D eigenvalue weighted by Crippen LogP contribution is 2.31. The number of allylic oxidation sites excluding steroid dienone is 1. The molecule has 0 radical (unpaired) electrons. The Balaban J connectivity index is 1.67. The van der Waals surface area contributed by atoms with Gasteiger partial charge >= 0.3 is 0 Å². The third-order valence-corrected chi connectivity index (χ3v) is 6.98. The van der Waals surface area contributed by atoms with Gasteiger partial charge in [0.25, 0.3) is 5.91 Å². The fourth-order valence-electron chi connectivity index (χ4n) is 4.95. The van der Waals surface area contributed by atoms with Gasteiger partial charge in [-0.05, 0) is 53.2 Å². The van der Waals surface area contributed by atoms with E-state index < -0.39 is 5.92 Å². The van der Waals surface area contributed by atoms with Gasteiger partial charge < -0.3 is 29.7 Å². The van der Waals surface area contributed by atoms with Crippen LogP contribution in [0.1, 0.15) is 45.4 Å². The van der Waals surface area contributed by atoms with E-state index in [4.69, 9.17) is 4.74 Å². The van der Waals surface area contributed by atoms with Crippen molar-refractivity contribution in [2.75, 3.05) is 73.1 Å². The van der Waals surface area contributed by atoms with Crippen LogP contribution in [0.3, 0.4) is 0 Å². The summed E-state index contributed by atoms with van der Waals surface area (Å²) >= 11 is 0. The van der Waals surface area contributed by atoms with Gasteiger partial charge in [-0.3, -0.25) is 19.2 Å². The van der Waals surface area contributed by atoms with E-state index in [9.17, 15) is 19.2 Å². The number of nitrogens with one attached hydrogen (secondary N) is 1. The average molecular weight is 492 g/mol. The first-order chi connectivity index (χ1) is 16.8. The number of likely N-dealkylation sites (tertiary alicyclic amines) is 1. The van der Waals surface area contributed by atoms with Crippen LogP contribution in [0.4, 0.5) is 0 Å². The largest absolute Gasteiger partial charge is 0.378 e. The smallest absolute Gasteiger partial charge is 0.251 e. The molecule has 0 aromatic carbocycles. The zero-order valence-electron chi connectivity index (χ0n) is 21.5. The Morgan fingerprint density at radius 3 is 2.49 bits per heavy atom. The molecule has 196 valence electrons. The molecule has 1 atom stereocenters. The molecule has 1 N–H and O–H groups in total. The summed E-state index contributed by atoms with van der Waals surface area (Å²) in [7, 11) is 3.97. The second kappa shape index (κ2) is 13.0. The number of rotatable bonds is 11. The van der Waals surface area contributed by atoms with E-state index in [-0.39, 0.29) is 36.5 Å². The number of hydrogen-bond donors (Lipinski definition) is 1. The van der Waals surface area contributed by atoms with Gasteiger partial charge in [0.1, 0.15) is 0 Å². The average Bonchev–Trinajstić information content (AvgIpc) is 3.25. The summed E-state index contributed by atoms with van der Waals surface area (Å²) in [4.78, 5) is 58.7. The predicted molar refractivity (Wildman–Crippen MR) is 131 cm³/mol. The van der Waals surface area contributed by atoms with E-state index in [1.165, 1.54) is 0 Å². The SMILES string of the molecule is CC1=C(C(=O)N2CCOCC2)CC(CC(=O)NCCCN(C)C)C(=O)N1CCCN1CCCC1=O. The lowest BCUT2D eigenvalue weighted by Crippen LogP contribution is -2.47. The van der Waals surface area contributed by atoms with Crippen LogP contribution >= 0.6 is 0 Å². The Kier molecular flexibility index (Phi) is 10.1. The van der Waals surface area contributed by atoms with Crippen molar-refractivity contribution in [3.05, 3.63) is 11.3 Å². The lowest BCUT2D eigenvalue weighted by Gasteiger charge is -2.37. The van der Waals surface area contributed by atoms with Crippen molar-refractivity contribution >= 4 is 23.6 Å². The zero-order chi connectivity index (χ0) is 25.4. The second-order valence-electron chi connectivity index (χ2n) is 9.91. The summed E-state index contributed by atoms with van der Waals surface area (Å²) in [5.74, 6) is -0.760. The van der Waals surface area contributed by atoms with Crippen LogP contribution in [-0.2, 0) is 23.9 Å². The molecule has 10 nitrogen and oxygen atoms in total. The predicted octanol–water partition coefficient (Wildman–Crippen LogP) is 0.438. The van der Waals surface area contributed by atoms with Crippen molar-refractivity contribution in [2.24, 2.45) is 5.92 Å². The van der Waals surface area contributed by atoms with Gasteiger partial charge in [-0.1, -0.05) is 0 Å². The number of amides is 4. The van der Waals surface area contributed by atoms with Crippen molar-refractivity contribution in [3.8, 4) is 0 Å². The Morgan fingerprint density at radius 2 is 1.83 bits per heavy atom. The third kappa shape index (κ3) is 7.51. The van der Waals surface area contributed by atoms with Crippen molar-refractivity contribution < 1.29 is 23.9 Å². The van der Waals surface area contributed by atoms with Crippen molar-refractivity contribution in [2.45, 2.75) is 45.4 Å². The van der Waals surface area contributed by atoms with E-state index in [1.807, 2.05) is 25.9 Å². The molecule has 1 unspecified atom stereocenters. The highest BCUT2D eigenvalue weighted by atomic mass is 16.5. The highest BCUT2D eigenvalue weighted by Gasteiger charge is 2.37. The molecule has 0 aromatic rings. The van der Waals surface area contributed by atoms with Gasteiger partial charge in [-0.25, -0.2) is 0 Å². The standard InChI is InChI=1S/C25H41N5O5/c1-19-21(25(34)29-13-15-35-16-14-29)17-20(18-22(31)26-8-5-9-27(2)3)24(33)30(19)12-6-11-28-10-4-7-23(28)32/h20H,4-18H2,1-3H3,(H,26,31). The van der Waals surface area contributed by atoms with Gasteiger partial charge in [0.05, 0.1) is 19.1 Å². The van der Waals surface area contributed by atoms with Gasteiger partial charge in [0, 0.05) is 63.4 Å². The van der Waals surface area contributed by atoms with Crippen LogP contribution in [0.15, 0.2) is 11.3 Å². The van der Waals surface area contributed by atoms with E-state index in [1.54, 1.807) is 9.80 Å². The molecule has 3 rings (SSSR count). The molecule has 4 amide bonds. The van der Waals surface area contributed by atoms with E-state index >= 15 is 0 Å². The maximum absolute atomic E-state index is 13.4. The summed E-state index contributed by atoms with van der Waals surface area (Å²) in [5.41, 5.74) is 1.27. The van der Waals surface area contributed by atoms with Crippen molar-refractivity contribution in [1.29, 1.82) is 0 Å². The fourth-order valence-corrected chi connectivity index (χ4v) is 4.95. The molecule has 2 saturated heterocycles. The quantitative estimate of drug-likeness (QED) is 0.421. The minimum atomic E-state index is -0.569. The Bertz CT molecular complexity index is 821. The van der Waals surface area contributed by atoms with Gasteiger partial charge in [-0.2, -0.15) is 0 Å². The van der Waals surface area contributed by atoms with Crippen LogP contribution in [0.5, 0.6) is 0 Å². The summed E-state index contributed by atoms with van der Waals surface area (Å²) in [6, 6.07) is 0. The topological polar surface area (TPSA) is 102 Å². The van der Waals surface area contributed by atoms with Crippen LogP contribution in [0.25, 0.3) is 0 Å². The molecule has 0 bridgehead atoms. The second-order valence-corrected chi connectivity index (χ2v) is 9.91. The molecule has 3 aliphatic heterocycles. The lowest BCUT2D eigenvalue weighted by atomic mass is 9.88. The summed E-state index contributed by atoms with van der Waals surface area (Å²) in [6.45, 7) is 7.09. The molecule has 0 aliphatic carbocycles. The molecule has 0 spiro atoms.